The van der Waals surface area contributed by atoms with Crippen molar-refractivity contribution in [3.63, 3.8) is 0 Å². The van der Waals surface area contributed by atoms with E-state index >= 15 is 0 Å². The van der Waals surface area contributed by atoms with Crippen molar-refractivity contribution in [1.82, 2.24) is 15.1 Å². The molecule has 19 heavy (non-hydrogen) atoms. The molecule has 0 saturated carbocycles. The van der Waals surface area contributed by atoms with Gasteiger partial charge in [-0.15, -0.1) is 0 Å². The van der Waals surface area contributed by atoms with Crippen LogP contribution in [0.3, 0.4) is 0 Å². The first-order chi connectivity index (χ1) is 9.12. The van der Waals surface area contributed by atoms with Gasteiger partial charge in [-0.2, -0.15) is 0 Å². The van der Waals surface area contributed by atoms with Crippen LogP contribution in [0.5, 0.6) is 0 Å². The van der Waals surface area contributed by atoms with E-state index in [0.29, 0.717) is 12.1 Å². The summed E-state index contributed by atoms with van der Waals surface area (Å²) >= 11 is 0. The maximum Gasteiger partial charge on any atom is 0.0235 e. The molecule has 0 aromatic carbocycles. The lowest BCUT2D eigenvalue weighted by Gasteiger charge is -2.40. The number of likely N-dealkylation sites (N-methyl/N-ethyl adjacent to an activating group) is 2. The smallest absolute Gasteiger partial charge is 0.0235 e. The minimum atomic E-state index is 0.689. The molecule has 1 fully saturated rings. The van der Waals surface area contributed by atoms with Crippen molar-refractivity contribution >= 4 is 0 Å². The van der Waals surface area contributed by atoms with Gasteiger partial charge in [-0.3, -0.25) is 0 Å². The third-order valence-electron chi connectivity index (χ3n) is 4.78. The van der Waals surface area contributed by atoms with Crippen molar-refractivity contribution in [1.29, 1.82) is 0 Å². The molecule has 1 N–H and O–H groups in total. The third-order valence-corrected chi connectivity index (χ3v) is 4.78. The summed E-state index contributed by atoms with van der Waals surface area (Å²) in [7, 11) is 4.55. The van der Waals surface area contributed by atoms with Gasteiger partial charge in [-0.1, -0.05) is 33.6 Å². The topological polar surface area (TPSA) is 18.5 Å². The first kappa shape index (κ1) is 16.9. The van der Waals surface area contributed by atoms with Gasteiger partial charge in [0.1, 0.15) is 0 Å². The number of nitrogens with zero attached hydrogens (tertiary/aromatic N) is 2. The lowest BCUT2D eigenvalue weighted by Crippen LogP contribution is -2.53. The van der Waals surface area contributed by atoms with E-state index in [1.54, 1.807) is 0 Å². The molecule has 0 aromatic heterocycles. The van der Waals surface area contributed by atoms with Gasteiger partial charge in [0.05, 0.1) is 0 Å². The summed E-state index contributed by atoms with van der Waals surface area (Å²) in [4.78, 5) is 5.04. The first-order valence-electron chi connectivity index (χ1n) is 8.24. The third kappa shape index (κ3) is 5.41. The van der Waals surface area contributed by atoms with Gasteiger partial charge in [-0.05, 0) is 39.4 Å². The lowest BCUT2D eigenvalue weighted by molar-refractivity contribution is 0.0934. The fourth-order valence-electron chi connectivity index (χ4n) is 3.28. The molecule has 1 aliphatic heterocycles. The molecule has 0 aromatic rings. The monoisotopic (exact) mass is 269 g/mol. The number of hydrogen-bond donors (Lipinski definition) is 1. The van der Waals surface area contributed by atoms with Crippen molar-refractivity contribution < 1.29 is 0 Å². The zero-order valence-corrected chi connectivity index (χ0v) is 13.8. The summed E-state index contributed by atoms with van der Waals surface area (Å²) < 4.78 is 0. The van der Waals surface area contributed by atoms with Crippen LogP contribution in [0, 0.1) is 5.92 Å². The lowest BCUT2D eigenvalue weighted by atomic mass is 9.88. The van der Waals surface area contributed by atoms with Crippen LogP contribution in [-0.4, -0.2) is 62.2 Å². The molecule has 114 valence electrons. The van der Waals surface area contributed by atoms with Crippen LogP contribution in [0.2, 0.25) is 0 Å². The molecule has 0 aliphatic carbocycles. The SMILES string of the molecule is CCCNC(CC1CN(C)CCN1C)C(CC)CC. The van der Waals surface area contributed by atoms with Gasteiger partial charge in [-0.25, -0.2) is 0 Å². The largest absolute Gasteiger partial charge is 0.314 e. The Morgan fingerprint density at radius 1 is 1.11 bits per heavy atom. The van der Waals surface area contributed by atoms with Gasteiger partial charge in [0.2, 0.25) is 0 Å². The number of piperazine rings is 1. The van der Waals surface area contributed by atoms with Gasteiger partial charge < -0.3 is 15.1 Å². The van der Waals surface area contributed by atoms with E-state index in [1.807, 2.05) is 0 Å². The Balaban J connectivity index is 2.58. The van der Waals surface area contributed by atoms with E-state index < -0.39 is 0 Å². The standard InChI is InChI=1S/C16H35N3/c1-6-9-17-16(14(7-2)8-3)12-15-13-18(4)10-11-19(15)5/h14-17H,6-13H2,1-5H3. The van der Waals surface area contributed by atoms with Crippen molar-refractivity contribution in [3.8, 4) is 0 Å². The Bertz CT molecular complexity index is 228. The van der Waals surface area contributed by atoms with Crippen LogP contribution in [0.4, 0.5) is 0 Å². The molecule has 1 heterocycles. The molecule has 0 radical (unpaired) electrons. The highest BCUT2D eigenvalue weighted by atomic mass is 15.3. The van der Waals surface area contributed by atoms with Crippen LogP contribution < -0.4 is 5.32 Å². The normalized spacial score (nSPS) is 24.0. The van der Waals surface area contributed by atoms with Gasteiger partial charge >= 0.3 is 0 Å². The van der Waals surface area contributed by atoms with Gasteiger partial charge in [0.15, 0.2) is 0 Å². The molecule has 3 nitrogen and oxygen atoms in total. The summed E-state index contributed by atoms with van der Waals surface area (Å²) in [5, 5.41) is 3.81. The fraction of sp³-hybridized carbons (Fsp3) is 1.00. The fourth-order valence-corrected chi connectivity index (χ4v) is 3.28. The summed E-state index contributed by atoms with van der Waals surface area (Å²) in [6.45, 7) is 11.7. The average molecular weight is 269 g/mol. The molecule has 1 rings (SSSR count). The second kappa shape index (κ2) is 8.93. The molecular formula is C16H35N3. The Morgan fingerprint density at radius 3 is 2.37 bits per heavy atom. The first-order valence-corrected chi connectivity index (χ1v) is 8.24. The summed E-state index contributed by atoms with van der Waals surface area (Å²) in [5.41, 5.74) is 0. The highest BCUT2D eigenvalue weighted by Crippen LogP contribution is 2.21. The Morgan fingerprint density at radius 2 is 1.79 bits per heavy atom. The van der Waals surface area contributed by atoms with Crippen LogP contribution in [0.15, 0.2) is 0 Å². The van der Waals surface area contributed by atoms with Crippen LogP contribution in [0.1, 0.15) is 46.5 Å². The maximum absolute atomic E-state index is 3.81. The predicted molar refractivity (Wildman–Crippen MR) is 84.7 cm³/mol. The average Bonchev–Trinajstić information content (AvgIpc) is 2.41. The van der Waals surface area contributed by atoms with E-state index in [0.717, 1.165) is 12.5 Å². The van der Waals surface area contributed by atoms with Crippen molar-refractivity contribution in [2.24, 2.45) is 5.92 Å². The highest BCUT2D eigenvalue weighted by Gasteiger charge is 2.27. The van der Waals surface area contributed by atoms with Crippen molar-refractivity contribution in [2.45, 2.75) is 58.5 Å². The quantitative estimate of drug-likeness (QED) is 0.730. The molecule has 3 heteroatoms. The molecule has 0 amide bonds. The molecule has 1 aliphatic rings. The van der Waals surface area contributed by atoms with Crippen LogP contribution in [-0.2, 0) is 0 Å². The molecular weight excluding hydrogens is 234 g/mol. The predicted octanol–water partition coefficient (Wildman–Crippen LogP) is 2.43. The Kier molecular flexibility index (Phi) is 7.96. The van der Waals surface area contributed by atoms with Crippen LogP contribution in [0.25, 0.3) is 0 Å². The number of rotatable bonds is 8. The van der Waals surface area contributed by atoms with Gasteiger partial charge in [0, 0.05) is 31.7 Å². The molecule has 0 bridgehead atoms. The highest BCUT2D eigenvalue weighted by molar-refractivity contribution is 4.86. The van der Waals surface area contributed by atoms with E-state index in [1.165, 1.54) is 45.3 Å². The van der Waals surface area contributed by atoms with E-state index in [4.69, 9.17) is 0 Å². The van der Waals surface area contributed by atoms with E-state index in [2.05, 4.69) is 50.0 Å². The van der Waals surface area contributed by atoms with Crippen molar-refractivity contribution in [2.75, 3.05) is 40.3 Å². The second-order valence-electron chi connectivity index (χ2n) is 6.27. The number of hydrogen-bond acceptors (Lipinski definition) is 3. The molecule has 2 atom stereocenters. The van der Waals surface area contributed by atoms with E-state index in [-0.39, 0.29) is 0 Å². The molecule has 0 spiro atoms. The van der Waals surface area contributed by atoms with Crippen LogP contribution >= 0.6 is 0 Å². The minimum absolute atomic E-state index is 0.689. The Hall–Kier alpha value is -0.120. The molecule has 2 unspecified atom stereocenters. The second-order valence-corrected chi connectivity index (χ2v) is 6.27. The van der Waals surface area contributed by atoms with Crippen molar-refractivity contribution in [3.05, 3.63) is 0 Å². The minimum Gasteiger partial charge on any atom is -0.314 e. The van der Waals surface area contributed by atoms with Gasteiger partial charge in [0.25, 0.3) is 0 Å². The maximum atomic E-state index is 3.81. The number of nitrogens with one attached hydrogen (secondary N) is 1. The summed E-state index contributed by atoms with van der Waals surface area (Å²) in [6.07, 6.45) is 5.12. The van der Waals surface area contributed by atoms with E-state index in [9.17, 15) is 0 Å². The zero-order chi connectivity index (χ0) is 14.3. The molecule has 1 saturated heterocycles. The zero-order valence-electron chi connectivity index (χ0n) is 13.8. The summed E-state index contributed by atoms with van der Waals surface area (Å²) in [5.74, 6) is 0.826. The Labute approximate surface area is 120 Å². The summed E-state index contributed by atoms with van der Waals surface area (Å²) in [6, 6.07) is 1.41.